The molecule has 0 spiro atoms. The number of furan rings is 1. The summed E-state index contributed by atoms with van der Waals surface area (Å²) in [7, 11) is 0. The van der Waals surface area contributed by atoms with Crippen molar-refractivity contribution in [2.45, 2.75) is 73.6 Å². The van der Waals surface area contributed by atoms with Crippen LogP contribution in [-0.4, -0.2) is 0 Å². The summed E-state index contributed by atoms with van der Waals surface area (Å²) in [6, 6.07) is 13.6. The van der Waals surface area contributed by atoms with Gasteiger partial charge in [-0.25, -0.2) is 0 Å². The molecule has 4 unspecified atom stereocenters. The van der Waals surface area contributed by atoms with E-state index in [1.54, 1.807) is 40.7 Å². The van der Waals surface area contributed by atoms with Crippen molar-refractivity contribution in [3.8, 4) is 11.1 Å². The Morgan fingerprint density at radius 3 is 2.19 bits per heavy atom. The van der Waals surface area contributed by atoms with Gasteiger partial charge in [-0.2, -0.15) is 29.2 Å². The molecule has 4 heteroatoms. The smallest absolute Gasteiger partial charge is 1.00 e. The van der Waals surface area contributed by atoms with E-state index in [0.717, 1.165) is 17.6 Å². The first-order valence-electron chi connectivity index (χ1n) is 14.6. The van der Waals surface area contributed by atoms with Gasteiger partial charge >= 0.3 is 26.2 Å². The van der Waals surface area contributed by atoms with Crippen LogP contribution in [0.15, 0.2) is 65.5 Å². The largest absolute Gasteiger partial charge is 4.00 e. The van der Waals surface area contributed by atoms with E-state index in [2.05, 4.69) is 104 Å². The van der Waals surface area contributed by atoms with Gasteiger partial charge in [-0.05, 0) is 59.9 Å². The van der Waals surface area contributed by atoms with E-state index in [4.69, 9.17) is 4.42 Å². The molecule has 7 rings (SSSR count). The van der Waals surface area contributed by atoms with E-state index in [-0.39, 0.29) is 51.0 Å². The van der Waals surface area contributed by atoms with Gasteiger partial charge in [0.05, 0.1) is 6.26 Å². The number of allylic oxidation sites excluding steroid dienone is 4. The minimum absolute atomic E-state index is 0. The van der Waals surface area contributed by atoms with Crippen LogP contribution in [0.5, 0.6) is 0 Å². The molecule has 42 heavy (non-hydrogen) atoms. The first-order valence-corrected chi connectivity index (χ1v) is 14.6. The molecule has 0 fully saturated rings. The molecule has 0 amide bonds. The fourth-order valence-corrected chi connectivity index (χ4v) is 7.46. The fourth-order valence-electron chi connectivity index (χ4n) is 7.46. The second-order valence-corrected chi connectivity index (χ2v) is 12.1. The average molecular weight is 675 g/mol. The standard InChI is InChI=1S/C29H33.C9H7O.2ClH.Zr/c1-14-13-24-25(18(5)15(14)2)21(8)28-27-20(7)17(4)16(3)19(6)26(27)22-11-9-10-12-23(22)29(24)28;1-2-4-8(3-1)9-5-6-10-7-9;;;/h9-13,16-17,19,21H,1-8H3;1,3,5-7H,2H2;2*1H;/q2*-1;;;+4/p-2. The van der Waals surface area contributed by atoms with Crippen molar-refractivity contribution in [2.24, 2.45) is 11.8 Å². The van der Waals surface area contributed by atoms with Crippen molar-refractivity contribution in [3.05, 3.63) is 118 Å². The van der Waals surface area contributed by atoms with Crippen LogP contribution >= 0.6 is 0 Å². The van der Waals surface area contributed by atoms with Crippen LogP contribution in [-0.2, 0) is 26.2 Å². The molecule has 0 N–H and O–H groups in total. The van der Waals surface area contributed by atoms with Gasteiger partial charge < -0.3 is 29.2 Å². The summed E-state index contributed by atoms with van der Waals surface area (Å²) in [4.78, 5) is 0. The maximum absolute atomic E-state index is 4.93. The predicted octanol–water partition coefficient (Wildman–Crippen LogP) is 4.66. The summed E-state index contributed by atoms with van der Waals surface area (Å²) in [6.07, 6.45) is 11.7. The minimum atomic E-state index is 0. The van der Waals surface area contributed by atoms with Crippen LogP contribution in [0.2, 0.25) is 0 Å². The van der Waals surface area contributed by atoms with Crippen LogP contribution in [0.25, 0.3) is 27.5 Å². The number of fused-ring (bicyclic) bond motifs is 8. The summed E-state index contributed by atoms with van der Waals surface area (Å²) in [6.45, 7) is 19.1. The van der Waals surface area contributed by atoms with Crippen LogP contribution < -0.4 is 24.8 Å². The second kappa shape index (κ2) is 13.3. The van der Waals surface area contributed by atoms with E-state index >= 15 is 0 Å². The van der Waals surface area contributed by atoms with Crippen molar-refractivity contribution in [1.29, 1.82) is 0 Å². The maximum Gasteiger partial charge on any atom is 4.00 e. The van der Waals surface area contributed by atoms with Crippen molar-refractivity contribution in [2.75, 3.05) is 0 Å². The number of halogens is 2. The third kappa shape index (κ3) is 5.31. The summed E-state index contributed by atoms with van der Waals surface area (Å²) in [5, 5.41) is 2.93. The molecule has 216 valence electrons. The first-order chi connectivity index (χ1) is 18.7. The number of rotatable bonds is 1. The van der Waals surface area contributed by atoms with Crippen LogP contribution in [0.1, 0.15) is 97.4 Å². The third-order valence-electron chi connectivity index (χ3n) is 10.3. The molecule has 1 nitrogen and oxygen atoms in total. The van der Waals surface area contributed by atoms with Crippen LogP contribution in [0.3, 0.4) is 0 Å². The van der Waals surface area contributed by atoms with Crippen molar-refractivity contribution < 1.29 is 55.4 Å². The number of benzene rings is 3. The Morgan fingerprint density at radius 2 is 1.57 bits per heavy atom. The molecule has 3 aliphatic carbocycles. The Kier molecular flexibility index (Phi) is 11.0. The van der Waals surface area contributed by atoms with Crippen molar-refractivity contribution >= 4 is 16.3 Å². The van der Waals surface area contributed by atoms with Gasteiger partial charge in [-0.3, -0.25) is 0 Å². The topological polar surface area (TPSA) is 13.1 Å². The van der Waals surface area contributed by atoms with E-state index < -0.39 is 0 Å². The zero-order valence-corrected chi connectivity index (χ0v) is 29.9. The third-order valence-corrected chi connectivity index (χ3v) is 10.3. The van der Waals surface area contributed by atoms with Crippen LogP contribution in [0, 0.1) is 44.6 Å². The van der Waals surface area contributed by atoms with E-state index in [1.165, 1.54) is 38.6 Å². The van der Waals surface area contributed by atoms with E-state index in [0.29, 0.717) is 23.7 Å². The summed E-state index contributed by atoms with van der Waals surface area (Å²) in [5.74, 6) is 3.94. The van der Waals surface area contributed by atoms with Gasteiger partial charge in [0, 0.05) is 6.26 Å². The van der Waals surface area contributed by atoms with E-state index in [1.807, 2.05) is 6.07 Å². The molecular formula is C38H40Cl2OZr. The van der Waals surface area contributed by atoms with Crippen molar-refractivity contribution in [1.82, 2.24) is 0 Å². The SMILES string of the molecule is Cc1cc2c(c(C)c1C)C(C)c1c3c(c4ccccc4c1-2)C(C)C(C)C(C)[C-]3C.[C-]1=C(c2ccoc2)C=CC1.[Cl-].[Cl-].[Zr+4]. The van der Waals surface area contributed by atoms with Gasteiger partial charge in [0.2, 0.25) is 0 Å². The zero-order valence-electron chi connectivity index (χ0n) is 26.0. The average Bonchev–Trinajstić information content (AvgIpc) is 3.71. The Balaban J connectivity index is 0.000000317. The summed E-state index contributed by atoms with van der Waals surface area (Å²) in [5.41, 5.74) is 16.0. The van der Waals surface area contributed by atoms with Gasteiger partial charge in [0.25, 0.3) is 0 Å². The van der Waals surface area contributed by atoms with Gasteiger partial charge in [-0.1, -0.05) is 112 Å². The zero-order chi connectivity index (χ0) is 27.6. The molecule has 0 bridgehead atoms. The normalized spacial score (nSPS) is 21.1. The molecular weight excluding hydrogens is 635 g/mol. The molecule has 3 aromatic carbocycles. The molecule has 0 saturated carbocycles. The Labute approximate surface area is 284 Å². The summed E-state index contributed by atoms with van der Waals surface area (Å²) >= 11 is 0. The second-order valence-electron chi connectivity index (χ2n) is 12.1. The Bertz CT molecular complexity index is 1650. The number of hydrogen-bond donors (Lipinski definition) is 0. The first kappa shape index (κ1) is 34.5. The molecule has 4 atom stereocenters. The van der Waals surface area contributed by atoms with Gasteiger partial charge in [0.1, 0.15) is 0 Å². The van der Waals surface area contributed by atoms with Crippen molar-refractivity contribution in [3.63, 3.8) is 0 Å². The molecule has 0 aliphatic heterocycles. The summed E-state index contributed by atoms with van der Waals surface area (Å²) < 4.78 is 4.93. The molecule has 4 aromatic rings. The van der Waals surface area contributed by atoms with Gasteiger partial charge in [-0.15, -0.1) is 17.2 Å². The maximum atomic E-state index is 4.93. The van der Waals surface area contributed by atoms with Gasteiger partial charge in [0.15, 0.2) is 0 Å². The molecule has 0 saturated heterocycles. The minimum Gasteiger partial charge on any atom is -1.00 e. The molecule has 3 aliphatic rings. The van der Waals surface area contributed by atoms with E-state index in [9.17, 15) is 0 Å². The predicted molar refractivity (Wildman–Crippen MR) is 165 cm³/mol. The number of hydrogen-bond acceptors (Lipinski definition) is 1. The Hall–Kier alpha value is -1.99. The van der Waals surface area contributed by atoms with Crippen LogP contribution in [0.4, 0.5) is 0 Å². The molecule has 1 heterocycles. The molecule has 1 aromatic heterocycles. The number of aryl methyl sites for hydroxylation is 1. The fraction of sp³-hybridized carbons (Fsp3) is 0.342. The quantitative estimate of drug-likeness (QED) is 0.268. The monoisotopic (exact) mass is 672 g/mol. The Morgan fingerprint density at radius 1 is 0.881 bits per heavy atom. The molecule has 0 radical (unpaired) electrons.